The van der Waals surface area contributed by atoms with Gasteiger partial charge in [-0.05, 0) is 80.0 Å². The molecule has 120 valence electrons. The van der Waals surface area contributed by atoms with E-state index in [0.29, 0.717) is 16.7 Å². The zero-order valence-corrected chi connectivity index (χ0v) is 14.7. The van der Waals surface area contributed by atoms with E-state index in [1.807, 2.05) is 0 Å². The predicted octanol–water partition coefficient (Wildman–Crippen LogP) is 5.19. The summed E-state index contributed by atoms with van der Waals surface area (Å²) < 4.78 is 0. The maximum absolute atomic E-state index is 10.4. The van der Waals surface area contributed by atoms with Crippen molar-refractivity contribution in [3.63, 3.8) is 0 Å². The topological polar surface area (TPSA) is 20.2 Å². The van der Waals surface area contributed by atoms with Crippen LogP contribution in [0.15, 0.2) is 11.6 Å². The molecule has 0 aromatic carbocycles. The Labute approximate surface area is 131 Å². The third-order valence-electron chi connectivity index (χ3n) is 7.35. The highest BCUT2D eigenvalue weighted by Crippen LogP contribution is 2.65. The van der Waals surface area contributed by atoms with Crippen LogP contribution < -0.4 is 0 Å². The summed E-state index contributed by atoms with van der Waals surface area (Å²) in [6, 6.07) is 0. The molecule has 1 heteroatoms. The average Bonchev–Trinajstić information content (AvgIpc) is 2.66. The lowest BCUT2D eigenvalue weighted by atomic mass is 9.51. The van der Waals surface area contributed by atoms with Crippen molar-refractivity contribution in [2.75, 3.05) is 0 Å². The molecule has 3 rings (SSSR count). The normalized spacial score (nSPS) is 50.3. The first-order valence-electron chi connectivity index (χ1n) is 9.10. The summed E-state index contributed by atoms with van der Waals surface area (Å²) in [4.78, 5) is 0. The second kappa shape index (κ2) is 5.11. The Bertz CT molecular complexity index is 437. The number of hydrogen-bond donors (Lipinski definition) is 1. The molecule has 0 aromatic rings. The lowest BCUT2D eigenvalue weighted by Crippen LogP contribution is -2.47. The van der Waals surface area contributed by atoms with Crippen molar-refractivity contribution < 1.29 is 5.11 Å². The fraction of sp³-hybridized carbons (Fsp3) is 0.900. The Hall–Kier alpha value is -0.300. The van der Waals surface area contributed by atoms with E-state index in [1.165, 1.54) is 31.3 Å². The van der Waals surface area contributed by atoms with Crippen LogP contribution in [0.3, 0.4) is 0 Å². The van der Waals surface area contributed by atoms with Gasteiger partial charge in [0.2, 0.25) is 0 Å². The Morgan fingerprint density at radius 3 is 2.48 bits per heavy atom. The van der Waals surface area contributed by atoms with Crippen LogP contribution in [0.25, 0.3) is 0 Å². The zero-order chi connectivity index (χ0) is 15.4. The van der Waals surface area contributed by atoms with Crippen molar-refractivity contribution >= 4 is 0 Å². The lowest BCUT2D eigenvalue weighted by molar-refractivity contribution is -0.0407. The van der Waals surface area contributed by atoms with Crippen molar-refractivity contribution in [3.8, 4) is 0 Å². The molecule has 0 amide bonds. The highest BCUT2D eigenvalue weighted by Gasteiger charge is 2.57. The van der Waals surface area contributed by atoms with Gasteiger partial charge >= 0.3 is 0 Å². The molecule has 1 nitrogen and oxygen atoms in total. The fourth-order valence-electron chi connectivity index (χ4n) is 6.17. The van der Waals surface area contributed by atoms with E-state index in [-0.39, 0.29) is 6.10 Å². The second-order valence-electron chi connectivity index (χ2n) is 9.38. The number of rotatable bonds is 1. The molecule has 0 aliphatic heterocycles. The Kier molecular flexibility index (Phi) is 3.80. The first-order valence-corrected chi connectivity index (χ1v) is 9.10. The molecule has 0 spiro atoms. The first kappa shape index (κ1) is 15.6. The van der Waals surface area contributed by atoms with Gasteiger partial charge in [0, 0.05) is 0 Å². The molecule has 1 N–H and O–H groups in total. The number of hydrogen-bond acceptors (Lipinski definition) is 1. The van der Waals surface area contributed by atoms with Gasteiger partial charge in [0.1, 0.15) is 0 Å². The monoisotopic (exact) mass is 290 g/mol. The van der Waals surface area contributed by atoms with Gasteiger partial charge in [0.25, 0.3) is 0 Å². The number of aliphatic hydroxyl groups excluding tert-OH is 1. The van der Waals surface area contributed by atoms with Gasteiger partial charge in [-0.3, -0.25) is 0 Å². The molecule has 3 aliphatic rings. The lowest BCUT2D eigenvalue weighted by Gasteiger charge is -2.53. The molecule has 0 bridgehead atoms. The minimum atomic E-state index is -0.125. The maximum Gasteiger partial charge on any atom is 0.0582 e. The quantitative estimate of drug-likeness (QED) is 0.659. The zero-order valence-electron chi connectivity index (χ0n) is 14.7. The molecule has 3 aliphatic carbocycles. The summed E-state index contributed by atoms with van der Waals surface area (Å²) in [5, 5.41) is 10.4. The van der Waals surface area contributed by atoms with Crippen molar-refractivity contribution in [1.29, 1.82) is 0 Å². The Morgan fingerprint density at radius 2 is 1.81 bits per heavy atom. The number of fused-ring (bicyclic) bond motifs is 3. The van der Waals surface area contributed by atoms with E-state index >= 15 is 0 Å². The molecule has 0 heterocycles. The SMILES string of the molecule is CC1=C[C@@H]2[C@H]3[C@@H](C(C)C)CC[C@]3(C)CC[C@@]2(C)C[C@@H](O)C1. The Morgan fingerprint density at radius 1 is 1.14 bits per heavy atom. The van der Waals surface area contributed by atoms with Gasteiger partial charge in [-0.2, -0.15) is 0 Å². The van der Waals surface area contributed by atoms with E-state index in [9.17, 15) is 5.11 Å². The van der Waals surface area contributed by atoms with Gasteiger partial charge in [0.05, 0.1) is 6.10 Å². The van der Waals surface area contributed by atoms with Crippen LogP contribution in [0.5, 0.6) is 0 Å². The first-order chi connectivity index (χ1) is 9.75. The van der Waals surface area contributed by atoms with Crippen LogP contribution in [0.2, 0.25) is 0 Å². The van der Waals surface area contributed by atoms with Crippen LogP contribution in [0.1, 0.15) is 73.1 Å². The third kappa shape index (κ3) is 2.50. The molecule has 0 aromatic heterocycles. The van der Waals surface area contributed by atoms with E-state index in [1.54, 1.807) is 0 Å². The molecule has 2 fully saturated rings. The Balaban J connectivity index is 2.02. The van der Waals surface area contributed by atoms with Crippen molar-refractivity contribution in [2.45, 2.75) is 79.2 Å². The van der Waals surface area contributed by atoms with Crippen molar-refractivity contribution in [2.24, 2.45) is 34.5 Å². The van der Waals surface area contributed by atoms with Gasteiger partial charge < -0.3 is 5.11 Å². The molecular formula is C20H34O. The molecule has 0 saturated heterocycles. The van der Waals surface area contributed by atoms with Crippen LogP contribution >= 0.6 is 0 Å². The second-order valence-corrected chi connectivity index (χ2v) is 9.38. The molecule has 2 saturated carbocycles. The summed E-state index contributed by atoms with van der Waals surface area (Å²) >= 11 is 0. The number of aliphatic hydroxyl groups is 1. The van der Waals surface area contributed by atoms with Gasteiger partial charge in [-0.25, -0.2) is 0 Å². The van der Waals surface area contributed by atoms with Crippen molar-refractivity contribution in [1.82, 2.24) is 0 Å². The third-order valence-corrected chi connectivity index (χ3v) is 7.35. The van der Waals surface area contributed by atoms with E-state index in [0.717, 1.165) is 30.6 Å². The molecule has 0 unspecified atom stereocenters. The molecule has 21 heavy (non-hydrogen) atoms. The highest BCUT2D eigenvalue weighted by atomic mass is 16.3. The number of allylic oxidation sites excluding steroid dienone is 1. The van der Waals surface area contributed by atoms with Gasteiger partial charge in [-0.15, -0.1) is 0 Å². The summed E-state index contributed by atoms with van der Waals surface area (Å²) in [7, 11) is 0. The summed E-state index contributed by atoms with van der Waals surface area (Å²) in [5.74, 6) is 3.18. The molecule has 6 atom stereocenters. The van der Waals surface area contributed by atoms with Crippen LogP contribution in [0, 0.1) is 34.5 Å². The minimum absolute atomic E-state index is 0.125. The molecule has 0 radical (unpaired) electrons. The highest BCUT2D eigenvalue weighted by molar-refractivity contribution is 5.17. The standard InChI is InChI=1S/C20H34O/c1-13(2)16-6-7-19(4)8-9-20(5)12-15(21)10-14(3)11-17(20)18(16)19/h11,13,15-18,21H,6-10,12H2,1-5H3/t15-,16+,17+,18+,19+,20-/m0/s1. The van der Waals surface area contributed by atoms with Crippen molar-refractivity contribution in [3.05, 3.63) is 11.6 Å². The predicted molar refractivity (Wildman–Crippen MR) is 89.0 cm³/mol. The van der Waals surface area contributed by atoms with Crippen LogP contribution in [-0.4, -0.2) is 11.2 Å². The fourth-order valence-corrected chi connectivity index (χ4v) is 6.17. The van der Waals surface area contributed by atoms with Gasteiger partial charge in [0.15, 0.2) is 0 Å². The summed E-state index contributed by atoms with van der Waals surface area (Å²) in [6.07, 6.45) is 9.86. The van der Waals surface area contributed by atoms with E-state index < -0.39 is 0 Å². The summed E-state index contributed by atoms with van der Waals surface area (Å²) in [6.45, 7) is 12.1. The van der Waals surface area contributed by atoms with E-state index in [2.05, 4.69) is 40.7 Å². The van der Waals surface area contributed by atoms with Crippen LogP contribution in [0.4, 0.5) is 0 Å². The summed E-state index contributed by atoms with van der Waals surface area (Å²) in [5.41, 5.74) is 2.29. The largest absolute Gasteiger partial charge is 0.393 e. The average molecular weight is 290 g/mol. The molecular weight excluding hydrogens is 256 g/mol. The minimum Gasteiger partial charge on any atom is -0.393 e. The van der Waals surface area contributed by atoms with E-state index in [4.69, 9.17) is 0 Å². The maximum atomic E-state index is 10.4. The van der Waals surface area contributed by atoms with Gasteiger partial charge in [-0.1, -0.05) is 39.3 Å². The van der Waals surface area contributed by atoms with Crippen LogP contribution in [-0.2, 0) is 0 Å². The smallest absolute Gasteiger partial charge is 0.0582 e.